The fraction of sp³-hybridized carbons (Fsp3) is 0.493. The standard InChI is InChI=1S/C15H19FN2O.C15H20FNO.C14H19BrFNO.C14H20FNO.C13H19NO/c1-5-15(2,3)14(19)18(4)10-12-8-13(16)7-6-11(12)9-17;1-17(11-13-9-5-6-10-14(13)16)15(18)12-7-3-2-4-8-12;1-5-14(2,3)13(18)17(4)9-10-8-11(16)6-7-12(10)15;1-14(2,3)9-13(17)16(4)10-11-7-5-6-8-12(11)15;1-4-13(2,3)12(15)14-10-11-8-6-5-7-9-11/h6-8H,5,10H2,1-4H3;5-6,9-10,12H,2-4,7-8,11H2,1H3;6-8H,5,9H2,1-4H3;5-8H,9-10H2,1-4H3;5-9H,4,10H2,1-3H3,(H,14,15). The molecule has 0 aromatic heterocycles. The first kappa shape index (κ1) is 76.2. The van der Waals surface area contributed by atoms with Gasteiger partial charge >= 0.3 is 0 Å². The molecule has 476 valence electrons. The van der Waals surface area contributed by atoms with Gasteiger partial charge in [0, 0.05) is 105 Å². The summed E-state index contributed by atoms with van der Waals surface area (Å²) < 4.78 is 54.1. The lowest BCUT2D eigenvalue weighted by molar-refractivity contribution is -0.140. The molecule has 6 rings (SSSR count). The average molecular weight is 1270 g/mol. The molecule has 1 aliphatic carbocycles. The number of amides is 5. The number of hydrogen-bond donors (Lipinski definition) is 1. The van der Waals surface area contributed by atoms with Gasteiger partial charge in [0.15, 0.2) is 0 Å². The van der Waals surface area contributed by atoms with Crippen LogP contribution in [0.25, 0.3) is 0 Å². The maximum atomic E-state index is 13.5. The summed E-state index contributed by atoms with van der Waals surface area (Å²) in [5.41, 5.74) is 2.84. The van der Waals surface area contributed by atoms with Gasteiger partial charge in [-0.15, -0.1) is 0 Å². The molecular formula is C71H97BrF4N6O5. The highest BCUT2D eigenvalue weighted by molar-refractivity contribution is 9.10. The molecule has 0 spiro atoms. The van der Waals surface area contributed by atoms with E-state index in [1.807, 2.05) is 119 Å². The SMILES string of the molecule is CCC(C)(C)C(=O)N(C)Cc1cc(F)ccc1Br.CCC(C)(C)C(=O)N(C)Cc1cc(F)ccc1C#N.CCC(C)(C)C(=O)NCc1ccccc1.CN(Cc1ccccc1F)C(=O)C1CCCCC1.CN(Cc1ccccc1F)C(=O)CC(C)(C)C. The lowest BCUT2D eigenvalue weighted by Gasteiger charge is -2.28. The molecule has 0 radical (unpaired) electrons. The van der Waals surface area contributed by atoms with E-state index < -0.39 is 11.2 Å². The molecule has 0 saturated heterocycles. The highest BCUT2D eigenvalue weighted by Gasteiger charge is 2.31. The molecule has 0 atom stereocenters. The second-order valence-electron chi connectivity index (χ2n) is 25.6. The van der Waals surface area contributed by atoms with E-state index in [4.69, 9.17) is 5.26 Å². The largest absolute Gasteiger partial charge is 0.352 e. The number of benzene rings is 5. The van der Waals surface area contributed by atoms with E-state index in [-0.39, 0.29) is 75.7 Å². The van der Waals surface area contributed by atoms with E-state index in [0.717, 1.165) is 60.5 Å². The smallest absolute Gasteiger partial charge is 0.228 e. The molecule has 1 aliphatic rings. The normalized spacial score (nSPS) is 12.3. The number of nitrogens with zero attached hydrogens (tertiary/aromatic N) is 5. The Morgan fingerprint density at radius 1 is 0.540 bits per heavy atom. The molecule has 1 fully saturated rings. The third-order valence-electron chi connectivity index (χ3n) is 15.6. The predicted octanol–water partition coefficient (Wildman–Crippen LogP) is 16.4. The molecule has 0 aliphatic heterocycles. The third kappa shape index (κ3) is 27.0. The maximum absolute atomic E-state index is 13.5. The van der Waals surface area contributed by atoms with E-state index in [9.17, 15) is 41.5 Å². The van der Waals surface area contributed by atoms with Crippen LogP contribution in [-0.4, -0.2) is 77.3 Å². The molecule has 0 unspecified atom stereocenters. The molecule has 5 aromatic carbocycles. The Morgan fingerprint density at radius 2 is 0.966 bits per heavy atom. The molecule has 16 heteroatoms. The Morgan fingerprint density at radius 3 is 1.43 bits per heavy atom. The van der Waals surface area contributed by atoms with Gasteiger partial charge < -0.3 is 24.9 Å². The molecule has 1 saturated carbocycles. The average Bonchev–Trinajstić information content (AvgIpc) is 2.79. The van der Waals surface area contributed by atoms with E-state index >= 15 is 0 Å². The lowest BCUT2D eigenvalue weighted by Crippen LogP contribution is -2.37. The van der Waals surface area contributed by atoms with Crippen molar-refractivity contribution in [3.05, 3.63) is 176 Å². The van der Waals surface area contributed by atoms with E-state index in [1.54, 1.807) is 90.3 Å². The highest BCUT2D eigenvalue weighted by atomic mass is 79.9. The molecule has 11 nitrogen and oxygen atoms in total. The number of halogens is 5. The lowest BCUT2D eigenvalue weighted by atomic mass is 9.88. The first-order chi connectivity index (χ1) is 40.6. The van der Waals surface area contributed by atoms with Crippen LogP contribution in [0.1, 0.15) is 174 Å². The Labute approximate surface area is 526 Å². The van der Waals surface area contributed by atoms with Gasteiger partial charge in [-0.1, -0.05) is 185 Å². The zero-order valence-corrected chi connectivity index (χ0v) is 56.2. The van der Waals surface area contributed by atoms with Gasteiger partial charge in [-0.2, -0.15) is 5.26 Å². The van der Waals surface area contributed by atoms with Crippen LogP contribution in [0.15, 0.2) is 120 Å². The van der Waals surface area contributed by atoms with Gasteiger partial charge in [0.05, 0.1) is 11.6 Å². The second-order valence-corrected chi connectivity index (χ2v) is 26.4. The van der Waals surface area contributed by atoms with Crippen LogP contribution in [0.4, 0.5) is 17.6 Å². The Hall–Kier alpha value is -6.86. The highest BCUT2D eigenvalue weighted by Crippen LogP contribution is 2.29. The van der Waals surface area contributed by atoms with Crippen molar-refractivity contribution in [3.8, 4) is 6.07 Å². The van der Waals surface area contributed by atoms with Crippen LogP contribution in [-0.2, 0) is 56.7 Å². The van der Waals surface area contributed by atoms with Crippen LogP contribution >= 0.6 is 15.9 Å². The molecule has 0 heterocycles. The first-order valence-corrected chi connectivity index (χ1v) is 30.8. The summed E-state index contributed by atoms with van der Waals surface area (Å²) in [6.07, 6.45) is 8.33. The van der Waals surface area contributed by atoms with Crippen LogP contribution in [0.3, 0.4) is 0 Å². The van der Waals surface area contributed by atoms with Gasteiger partial charge in [0.2, 0.25) is 29.5 Å². The van der Waals surface area contributed by atoms with Crippen molar-refractivity contribution < 1.29 is 41.5 Å². The topological polar surface area (TPSA) is 134 Å². The van der Waals surface area contributed by atoms with Crippen LogP contribution in [0.5, 0.6) is 0 Å². The minimum absolute atomic E-state index is 0.0110. The number of nitriles is 1. The zero-order valence-electron chi connectivity index (χ0n) is 54.6. The van der Waals surface area contributed by atoms with Crippen LogP contribution < -0.4 is 5.32 Å². The number of hydrogen-bond acceptors (Lipinski definition) is 6. The third-order valence-corrected chi connectivity index (χ3v) is 16.4. The predicted molar refractivity (Wildman–Crippen MR) is 345 cm³/mol. The summed E-state index contributed by atoms with van der Waals surface area (Å²) in [5, 5.41) is 11.9. The molecule has 87 heavy (non-hydrogen) atoms. The van der Waals surface area contributed by atoms with Crippen molar-refractivity contribution in [1.29, 1.82) is 5.26 Å². The number of carbonyl (C=O) groups is 5. The van der Waals surface area contributed by atoms with Crippen molar-refractivity contribution in [2.75, 3.05) is 28.2 Å². The summed E-state index contributed by atoms with van der Waals surface area (Å²) in [5.74, 6) is -0.649. The number of rotatable bonds is 18. The van der Waals surface area contributed by atoms with Gasteiger partial charge in [0.25, 0.3) is 0 Å². The minimum Gasteiger partial charge on any atom is -0.352 e. The Balaban J connectivity index is 0.000000372. The van der Waals surface area contributed by atoms with Gasteiger partial charge in [-0.05, 0) is 103 Å². The van der Waals surface area contributed by atoms with Crippen molar-refractivity contribution >= 4 is 45.5 Å². The number of nitrogens with one attached hydrogen (secondary N) is 1. The summed E-state index contributed by atoms with van der Waals surface area (Å²) >= 11 is 3.37. The van der Waals surface area contributed by atoms with E-state index in [1.165, 1.54) is 48.9 Å². The molecular weight excluding hydrogens is 1170 g/mol. The molecule has 5 amide bonds. The van der Waals surface area contributed by atoms with Crippen molar-refractivity contribution in [3.63, 3.8) is 0 Å². The summed E-state index contributed by atoms with van der Waals surface area (Å²) in [6, 6.07) is 33.7. The molecule has 1 N–H and O–H groups in total. The van der Waals surface area contributed by atoms with Gasteiger partial charge in [-0.25, -0.2) is 17.6 Å². The Kier molecular flexibility index (Phi) is 31.9. The van der Waals surface area contributed by atoms with E-state index in [2.05, 4.69) is 21.2 Å². The number of carbonyl (C=O) groups excluding carboxylic acids is 5. The van der Waals surface area contributed by atoms with Gasteiger partial charge in [0.1, 0.15) is 23.3 Å². The summed E-state index contributed by atoms with van der Waals surface area (Å²) in [4.78, 5) is 66.7. The monoisotopic (exact) mass is 1270 g/mol. The van der Waals surface area contributed by atoms with E-state index in [0.29, 0.717) is 54.9 Å². The first-order valence-electron chi connectivity index (χ1n) is 30.0. The van der Waals surface area contributed by atoms with Gasteiger partial charge in [-0.3, -0.25) is 24.0 Å². The second kappa shape index (κ2) is 36.4. The fourth-order valence-corrected chi connectivity index (χ4v) is 9.19. The summed E-state index contributed by atoms with van der Waals surface area (Å²) in [7, 11) is 6.90. The fourth-order valence-electron chi connectivity index (χ4n) is 8.82. The van der Waals surface area contributed by atoms with Crippen molar-refractivity contribution in [2.45, 2.75) is 174 Å². The maximum Gasteiger partial charge on any atom is 0.228 e. The minimum atomic E-state index is -0.450. The van der Waals surface area contributed by atoms with Crippen LogP contribution in [0, 0.1) is 62.2 Å². The molecule has 0 bridgehead atoms. The quantitative estimate of drug-likeness (QED) is 0.0869. The zero-order chi connectivity index (χ0) is 65.9. The Bertz CT molecular complexity index is 3020. The molecule has 5 aromatic rings. The van der Waals surface area contributed by atoms with Crippen LogP contribution in [0.2, 0.25) is 0 Å². The van der Waals surface area contributed by atoms with Crippen molar-refractivity contribution in [1.82, 2.24) is 24.9 Å². The van der Waals surface area contributed by atoms with Crippen molar-refractivity contribution in [2.24, 2.45) is 27.6 Å². The summed E-state index contributed by atoms with van der Waals surface area (Å²) in [6.45, 7) is 25.5.